The monoisotopic (exact) mass is 406 g/mol. The lowest BCUT2D eigenvalue weighted by Gasteiger charge is -2.05. The van der Waals surface area contributed by atoms with Crippen LogP contribution in [0.3, 0.4) is 0 Å². The van der Waals surface area contributed by atoms with Gasteiger partial charge in [-0.05, 0) is 24.6 Å². The number of fused-ring (bicyclic) bond motifs is 1. The van der Waals surface area contributed by atoms with E-state index in [9.17, 15) is 0 Å². The average molecular weight is 407 g/mol. The molecule has 31 heavy (non-hydrogen) atoms. The Bertz CT molecular complexity index is 1280. The van der Waals surface area contributed by atoms with Crippen molar-refractivity contribution in [1.82, 2.24) is 9.78 Å². The third-order valence-corrected chi connectivity index (χ3v) is 5.58. The molecule has 0 amide bonds. The number of nitrogen functional groups attached to an aromatic ring is 1. The highest BCUT2D eigenvalue weighted by molar-refractivity contribution is 5.91. The molecular weight excluding hydrogens is 382 g/mol. The molecular formula is C26H24N5+. The number of aryl methyl sites for hydroxylation is 1. The van der Waals surface area contributed by atoms with Crippen LogP contribution >= 0.6 is 0 Å². The Morgan fingerprint density at radius 3 is 2.61 bits per heavy atom. The van der Waals surface area contributed by atoms with Crippen LogP contribution in [-0.4, -0.2) is 16.0 Å². The van der Waals surface area contributed by atoms with Crippen LogP contribution in [0.1, 0.15) is 22.4 Å². The highest BCUT2D eigenvalue weighted by atomic mass is 15.3. The Hall–Kier alpha value is -3.99. The minimum atomic E-state index is 0.571. The zero-order valence-electron chi connectivity index (χ0n) is 17.4. The van der Waals surface area contributed by atoms with E-state index in [1.54, 1.807) is 10.9 Å². The summed E-state index contributed by atoms with van der Waals surface area (Å²) in [5, 5.41) is 4.45. The first-order valence-electron chi connectivity index (χ1n) is 10.4. The number of aliphatic imine (C=N–C) groups is 1. The van der Waals surface area contributed by atoms with Crippen molar-refractivity contribution in [3.8, 4) is 0 Å². The summed E-state index contributed by atoms with van der Waals surface area (Å²) in [6.07, 6.45) is 6.59. The van der Waals surface area contributed by atoms with Gasteiger partial charge in [0.05, 0.1) is 24.7 Å². The fourth-order valence-corrected chi connectivity index (χ4v) is 3.93. The van der Waals surface area contributed by atoms with Gasteiger partial charge in [-0.15, -0.1) is 0 Å². The predicted molar refractivity (Wildman–Crippen MR) is 124 cm³/mol. The van der Waals surface area contributed by atoms with Crippen molar-refractivity contribution in [2.45, 2.75) is 19.9 Å². The van der Waals surface area contributed by atoms with Crippen molar-refractivity contribution in [1.29, 1.82) is 0 Å². The molecule has 1 aliphatic heterocycles. The molecule has 5 rings (SSSR count). The van der Waals surface area contributed by atoms with E-state index < -0.39 is 0 Å². The van der Waals surface area contributed by atoms with Crippen LogP contribution in [-0.2, 0) is 13.0 Å². The maximum Gasteiger partial charge on any atom is 0.223 e. The first-order chi connectivity index (χ1) is 15.2. The summed E-state index contributed by atoms with van der Waals surface area (Å²) in [5.41, 5.74) is 14.2. The largest absolute Gasteiger partial charge is 0.382 e. The number of rotatable bonds is 5. The van der Waals surface area contributed by atoms with E-state index >= 15 is 0 Å². The zero-order chi connectivity index (χ0) is 21.2. The normalized spacial score (nSPS) is 13.2. The lowest BCUT2D eigenvalue weighted by molar-refractivity contribution is -0.582. The number of nitrogens with zero attached hydrogens (tertiary/aromatic N) is 4. The minimum Gasteiger partial charge on any atom is -0.382 e. The minimum absolute atomic E-state index is 0.571. The van der Waals surface area contributed by atoms with Gasteiger partial charge in [0.2, 0.25) is 5.70 Å². The molecule has 2 aromatic carbocycles. The van der Waals surface area contributed by atoms with E-state index in [2.05, 4.69) is 89.5 Å². The van der Waals surface area contributed by atoms with Crippen molar-refractivity contribution >= 4 is 23.4 Å². The molecule has 2 N–H and O–H groups in total. The number of pyridine rings is 1. The molecule has 5 nitrogen and oxygen atoms in total. The van der Waals surface area contributed by atoms with Crippen LogP contribution in [0.25, 0.3) is 5.70 Å². The smallest absolute Gasteiger partial charge is 0.223 e. The summed E-state index contributed by atoms with van der Waals surface area (Å²) >= 11 is 0. The first kappa shape index (κ1) is 19.0. The van der Waals surface area contributed by atoms with E-state index in [0.29, 0.717) is 18.1 Å². The molecule has 0 bridgehead atoms. The van der Waals surface area contributed by atoms with Gasteiger partial charge in [-0.1, -0.05) is 54.1 Å². The van der Waals surface area contributed by atoms with Gasteiger partial charge in [0, 0.05) is 23.9 Å². The number of allylic oxidation sites excluding steroid dienone is 1. The maximum atomic E-state index is 6.36. The Morgan fingerprint density at radius 2 is 1.81 bits per heavy atom. The molecule has 1 aliphatic rings. The zero-order valence-corrected chi connectivity index (χ0v) is 17.4. The number of nitrogens with two attached hydrogens (primary N) is 1. The molecule has 152 valence electrons. The van der Waals surface area contributed by atoms with Gasteiger partial charge in [0.1, 0.15) is 11.5 Å². The predicted octanol–water partition coefficient (Wildman–Crippen LogP) is 4.33. The van der Waals surface area contributed by atoms with Crippen molar-refractivity contribution in [3.63, 3.8) is 0 Å². The van der Waals surface area contributed by atoms with Crippen LogP contribution in [0.4, 0.5) is 11.5 Å². The summed E-state index contributed by atoms with van der Waals surface area (Å²) in [6.45, 7) is 2.71. The Morgan fingerprint density at radius 1 is 1.03 bits per heavy atom. The SMILES string of the molecule is Cc1ccc(Cn2ncc(N=CC3=C(c4ccccc4)[n+]4ccccc4C3)c2N)cc1. The summed E-state index contributed by atoms with van der Waals surface area (Å²) < 4.78 is 4.03. The van der Waals surface area contributed by atoms with Crippen LogP contribution in [0.5, 0.6) is 0 Å². The average Bonchev–Trinajstić information content (AvgIpc) is 3.34. The van der Waals surface area contributed by atoms with Gasteiger partial charge in [0.15, 0.2) is 11.9 Å². The Labute approximate surface area is 181 Å². The van der Waals surface area contributed by atoms with E-state index in [-0.39, 0.29) is 0 Å². The second kappa shape index (κ2) is 8.03. The summed E-state index contributed by atoms with van der Waals surface area (Å²) in [7, 11) is 0. The second-order valence-electron chi connectivity index (χ2n) is 7.80. The summed E-state index contributed by atoms with van der Waals surface area (Å²) in [4.78, 5) is 4.72. The molecule has 5 heteroatoms. The molecule has 0 radical (unpaired) electrons. The highest BCUT2D eigenvalue weighted by Gasteiger charge is 2.29. The quantitative estimate of drug-likeness (QED) is 0.396. The molecule has 0 saturated heterocycles. The third-order valence-electron chi connectivity index (χ3n) is 5.58. The van der Waals surface area contributed by atoms with Crippen LogP contribution in [0.15, 0.2) is 95.8 Å². The Kier molecular flexibility index (Phi) is 4.92. The third kappa shape index (κ3) is 3.78. The van der Waals surface area contributed by atoms with Gasteiger partial charge in [-0.2, -0.15) is 9.67 Å². The van der Waals surface area contributed by atoms with Crippen LogP contribution < -0.4 is 10.3 Å². The fourth-order valence-electron chi connectivity index (χ4n) is 3.93. The first-order valence-corrected chi connectivity index (χ1v) is 10.4. The number of hydrogen-bond acceptors (Lipinski definition) is 3. The van der Waals surface area contributed by atoms with Crippen molar-refractivity contribution in [3.05, 3.63) is 113 Å². The number of anilines is 1. The van der Waals surface area contributed by atoms with Gasteiger partial charge in [0.25, 0.3) is 0 Å². The van der Waals surface area contributed by atoms with E-state index in [1.807, 2.05) is 12.3 Å². The van der Waals surface area contributed by atoms with Gasteiger partial charge in [-0.3, -0.25) is 4.99 Å². The maximum absolute atomic E-state index is 6.36. The fraction of sp³-hybridized carbons (Fsp3) is 0.115. The Balaban J connectivity index is 1.46. The number of benzene rings is 2. The van der Waals surface area contributed by atoms with Crippen LogP contribution in [0.2, 0.25) is 0 Å². The molecule has 0 saturated carbocycles. The molecule has 3 heterocycles. The standard InChI is InChI=1S/C26H24N5/c1-19-10-12-20(13-11-19)18-31-26(27)24(17-29-31)28-16-22-15-23-9-5-6-14-30(23)25(22)21-7-3-2-4-8-21/h2-14,16-17H,15,18,27H2,1H3/q+1. The lowest BCUT2D eigenvalue weighted by atomic mass is 10.1. The van der Waals surface area contributed by atoms with E-state index in [0.717, 1.165) is 23.3 Å². The van der Waals surface area contributed by atoms with Crippen molar-refractivity contribution < 1.29 is 4.57 Å². The topological polar surface area (TPSA) is 60.1 Å². The molecule has 0 fully saturated rings. The van der Waals surface area contributed by atoms with Gasteiger partial charge in [-0.25, -0.2) is 4.68 Å². The molecule has 0 unspecified atom stereocenters. The lowest BCUT2D eigenvalue weighted by Crippen LogP contribution is -2.33. The molecule has 4 aromatic rings. The van der Waals surface area contributed by atoms with E-state index in [4.69, 9.17) is 10.7 Å². The second-order valence-corrected chi connectivity index (χ2v) is 7.80. The highest BCUT2D eigenvalue weighted by Crippen LogP contribution is 2.26. The van der Waals surface area contributed by atoms with Crippen molar-refractivity contribution in [2.75, 3.05) is 5.73 Å². The van der Waals surface area contributed by atoms with E-state index in [1.165, 1.54) is 16.8 Å². The van der Waals surface area contributed by atoms with Crippen molar-refractivity contribution in [2.24, 2.45) is 4.99 Å². The van der Waals surface area contributed by atoms with Gasteiger partial charge < -0.3 is 5.73 Å². The molecule has 2 aromatic heterocycles. The molecule has 0 atom stereocenters. The summed E-state index contributed by atoms with van der Waals surface area (Å²) in [6, 6.07) is 25.1. The molecule has 0 aliphatic carbocycles. The number of hydrogen-bond donors (Lipinski definition) is 1. The summed E-state index contributed by atoms with van der Waals surface area (Å²) in [5.74, 6) is 0.571. The molecule has 0 spiro atoms. The van der Waals surface area contributed by atoms with Gasteiger partial charge >= 0.3 is 0 Å². The van der Waals surface area contributed by atoms with Crippen LogP contribution in [0, 0.1) is 6.92 Å². The number of aromatic nitrogens is 3.